The molecule has 132 valence electrons. The summed E-state index contributed by atoms with van der Waals surface area (Å²) in [7, 11) is -3.48. The summed E-state index contributed by atoms with van der Waals surface area (Å²) in [5.41, 5.74) is 1.16. The van der Waals surface area contributed by atoms with Gasteiger partial charge in [-0.2, -0.15) is 0 Å². The number of carboxylic acid groups (broad SMARTS) is 1. The van der Waals surface area contributed by atoms with Gasteiger partial charge >= 0.3 is 5.97 Å². The van der Waals surface area contributed by atoms with Crippen molar-refractivity contribution in [3.8, 4) is 0 Å². The SMILES string of the molecule is O=C(O)CCCCCCC1=CCC[C@@H]1NS(=O)(=O)c1ccccc1. The molecule has 0 fully saturated rings. The molecular formula is C18H25NO4S. The summed E-state index contributed by atoms with van der Waals surface area (Å²) in [4.78, 5) is 10.8. The van der Waals surface area contributed by atoms with E-state index in [0.717, 1.165) is 44.1 Å². The van der Waals surface area contributed by atoms with E-state index in [1.165, 1.54) is 0 Å². The van der Waals surface area contributed by atoms with Crippen molar-refractivity contribution < 1.29 is 18.3 Å². The van der Waals surface area contributed by atoms with Crippen molar-refractivity contribution in [3.05, 3.63) is 42.0 Å². The van der Waals surface area contributed by atoms with Gasteiger partial charge in [0, 0.05) is 12.5 Å². The molecule has 6 heteroatoms. The number of nitrogens with one attached hydrogen (secondary N) is 1. The van der Waals surface area contributed by atoms with Gasteiger partial charge in [-0.3, -0.25) is 4.79 Å². The first-order chi connectivity index (χ1) is 11.5. The first kappa shape index (κ1) is 18.7. The highest BCUT2D eigenvalue weighted by Gasteiger charge is 2.25. The van der Waals surface area contributed by atoms with Crippen molar-refractivity contribution in [1.82, 2.24) is 4.72 Å². The molecule has 1 aromatic carbocycles. The molecule has 24 heavy (non-hydrogen) atoms. The molecule has 0 bridgehead atoms. The van der Waals surface area contributed by atoms with Crippen LogP contribution in [0.5, 0.6) is 0 Å². The zero-order chi connectivity index (χ0) is 17.4. The molecule has 0 amide bonds. The van der Waals surface area contributed by atoms with Crippen molar-refractivity contribution >= 4 is 16.0 Å². The van der Waals surface area contributed by atoms with Crippen molar-refractivity contribution in [2.75, 3.05) is 0 Å². The molecule has 1 atom stereocenters. The first-order valence-electron chi connectivity index (χ1n) is 8.47. The number of benzene rings is 1. The zero-order valence-corrected chi connectivity index (χ0v) is 14.6. The van der Waals surface area contributed by atoms with Gasteiger partial charge in [0.05, 0.1) is 4.90 Å². The zero-order valence-electron chi connectivity index (χ0n) is 13.8. The van der Waals surface area contributed by atoms with Gasteiger partial charge < -0.3 is 5.11 Å². The van der Waals surface area contributed by atoms with E-state index < -0.39 is 16.0 Å². The third-order valence-corrected chi connectivity index (χ3v) is 5.75. The van der Waals surface area contributed by atoms with Gasteiger partial charge in [-0.05, 0) is 44.2 Å². The summed E-state index contributed by atoms with van der Waals surface area (Å²) in [5.74, 6) is -0.746. The number of carbonyl (C=O) groups is 1. The number of carboxylic acids is 1. The van der Waals surface area contributed by atoms with E-state index in [9.17, 15) is 13.2 Å². The Balaban J connectivity index is 1.79. The molecule has 5 nitrogen and oxygen atoms in total. The van der Waals surface area contributed by atoms with Crippen LogP contribution in [0.4, 0.5) is 0 Å². The Morgan fingerprint density at radius 3 is 2.54 bits per heavy atom. The molecule has 0 saturated carbocycles. The van der Waals surface area contributed by atoms with E-state index in [2.05, 4.69) is 10.8 Å². The van der Waals surface area contributed by atoms with Gasteiger partial charge in [0.25, 0.3) is 0 Å². The fraction of sp³-hybridized carbons (Fsp3) is 0.500. The normalized spacial score (nSPS) is 17.7. The molecule has 1 aromatic rings. The van der Waals surface area contributed by atoms with Gasteiger partial charge in [0.1, 0.15) is 0 Å². The summed E-state index contributed by atoms with van der Waals surface area (Å²) in [6.07, 6.45) is 8.49. The van der Waals surface area contributed by atoms with Crippen LogP contribution in [0.15, 0.2) is 46.9 Å². The minimum atomic E-state index is -3.48. The van der Waals surface area contributed by atoms with Crippen LogP contribution in [-0.4, -0.2) is 25.5 Å². The standard InChI is InChI=1S/C18H25NO4S/c20-18(21)14-7-2-1-4-9-15-10-8-13-17(15)19-24(22,23)16-11-5-3-6-12-16/h3,5-6,10-12,17,19H,1-2,4,7-9,13-14H2,(H,20,21)/t17-/m0/s1. The van der Waals surface area contributed by atoms with Crippen LogP contribution in [0.2, 0.25) is 0 Å². The summed E-state index contributed by atoms with van der Waals surface area (Å²) in [6, 6.07) is 8.32. The summed E-state index contributed by atoms with van der Waals surface area (Å²) >= 11 is 0. The third kappa shape index (κ3) is 5.76. The van der Waals surface area contributed by atoms with Crippen LogP contribution < -0.4 is 4.72 Å². The molecule has 0 aromatic heterocycles. The van der Waals surface area contributed by atoms with Crippen LogP contribution >= 0.6 is 0 Å². The highest BCUT2D eigenvalue weighted by Crippen LogP contribution is 2.25. The van der Waals surface area contributed by atoms with Gasteiger partial charge in [0.2, 0.25) is 10.0 Å². The largest absolute Gasteiger partial charge is 0.481 e. The number of aliphatic carboxylic acids is 1. The Labute approximate surface area is 143 Å². The van der Waals surface area contributed by atoms with Crippen LogP contribution in [-0.2, 0) is 14.8 Å². The fourth-order valence-electron chi connectivity index (χ4n) is 2.99. The van der Waals surface area contributed by atoms with Crippen molar-refractivity contribution in [3.63, 3.8) is 0 Å². The smallest absolute Gasteiger partial charge is 0.303 e. The summed E-state index contributed by atoms with van der Waals surface area (Å²) in [5, 5.41) is 8.61. The molecule has 1 aliphatic rings. The van der Waals surface area contributed by atoms with Gasteiger partial charge in [-0.15, -0.1) is 0 Å². The number of allylic oxidation sites excluding steroid dienone is 1. The van der Waals surface area contributed by atoms with Crippen LogP contribution in [0.25, 0.3) is 0 Å². The lowest BCUT2D eigenvalue weighted by molar-refractivity contribution is -0.137. The average Bonchev–Trinajstić information content (AvgIpc) is 2.98. The molecule has 1 aliphatic carbocycles. The lowest BCUT2D eigenvalue weighted by Crippen LogP contribution is -2.34. The first-order valence-corrected chi connectivity index (χ1v) is 9.95. The second kappa shape index (κ2) is 8.99. The van der Waals surface area contributed by atoms with Crippen molar-refractivity contribution in [1.29, 1.82) is 0 Å². The molecule has 0 aliphatic heterocycles. The highest BCUT2D eigenvalue weighted by molar-refractivity contribution is 7.89. The number of rotatable bonds is 10. The number of sulfonamides is 1. The molecular weight excluding hydrogens is 326 g/mol. The minimum Gasteiger partial charge on any atom is -0.481 e. The van der Waals surface area contributed by atoms with Crippen molar-refractivity contribution in [2.45, 2.75) is 62.3 Å². The molecule has 0 spiro atoms. The number of hydrogen-bond acceptors (Lipinski definition) is 3. The Hall–Kier alpha value is -1.66. The Morgan fingerprint density at radius 1 is 1.12 bits per heavy atom. The Morgan fingerprint density at radius 2 is 1.83 bits per heavy atom. The number of unbranched alkanes of at least 4 members (excludes halogenated alkanes) is 3. The quantitative estimate of drug-likeness (QED) is 0.499. The maximum Gasteiger partial charge on any atom is 0.303 e. The summed E-state index contributed by atoms with van der Waals surface area (Å²) < 4.78 is 27.7. The third-order valence-electron chi connectivity index (χ3n) is 4.27. The second-order valence-electron chi connectivity index (χ2n) is 6.15. The number of hydrogen-bond donors (Lipinski definition) is 2. The molecule has 0 unspecified atom stereocenters. The lowest BCUT2D eigenvalue weighted by atomic mass is 10.0. The Bertz CT molecular complexity index is 668. The fourth-order valence-corrected chi connectivity index (χ4v) is 4.28. The van der Waals surface area contributed by atoms with Crippen molar-refractivity contribution in [2.24, 2.45) is 0 Å². The van der Waals surface area contributed by atoms with E-state index in [1.54, 1.807) is 30.3 Å². The molecule has 2 rings (SSSR count). The highest BCUT2D eigenvalue weighted by atomic mass is 32.2. The molecule has 0 saturated heterocycles. The maximum atomic E-state index is 12.4. The second-order valence-corrected chi connectivity index (χ2v) is 7.87. The topological polar surface area (TPSA) is 83.5 Å². The van der Waals surface area contributed by atoms with Crippen LogP contribution in [0, 0.1) is 0 Å². The molecule has 2 N–H and O–H groups in total. The van der Waals surface area contributed by atoms with Gasteiger partial charge in [0.15, 0.2) is 0 Å². The van der Waals surface area contributed by atoms with Crippen LogP contribution in [0.3, 0.4) is 0 Å². The molecule has 0 heterocycles. The van der Waals surface area contributed by atoms with E-state index in [1.807, 2.05) is 0 Å². The van der Waals surface area contributed by atoms with E-state index in [4.69, 9.17) is 5.11 Å². The van der Waals surface area contributed by atoms with Crippen LogP contribution in [0.1, 0.15) is 51.4 Å². The van der Waals surface area contributed by atoms with Gasteiger partial charge in [-0.25, -0.2) is 13.1 Å². The van der Waals surface area contributed by atoms with E-state index >= 15 is 0 Å². The summed E-state index contributed by atoms with van der Waals surface area (Å²) in [6.45, 7) is 0. The minimum absolute atomic E-state index is 0.116. The predicted molar refractivity (Wildman–Crippen MR) is 93.2 cm³/mol. The average molecular weight is 351 g/mol. The predicted octanol–water partition coefficient (Wildman–Crippen LogP) is 3.48. The Kier molecular flexibility index (Phi) is 6.99. The monoisotopic (exact) mass is 351 g/mol. The maximum absolute atomic E-state index is 12.4. The lowest BCUT2D eigenvalue weighted by Gasteiger charge is -2.17. The van der Waals surface area contributed by atoms with E-state index in [-0.39, 0.29) is 12.5 Å². The van der Waals surface area contributed by atoms with E-state index in [0.29, 0.717) is 11.3 Å². The van der Waals surface area contributed by atoms with Gasteiger partial charge in [-0.1, -0.05) is 42.7 Å². The molecule has 0 radical (unpaired) electrons.